The zero-order valence-electron chi connectivity index (χ0n) is 4.77. The molecule has 0 aromatic rings. The van der Waals surface area contributed by atoms with E-state index in [-0.39, 0.29) is 0 Å². The fraction of sp³-hybridized carbons (Fsp3) is 0.667. The molecule has 0 saturated heterocycles. The van der Waals surface area contributed by atoms with Gasteiger partial charge in [0.1, 0.15) is 0 Å². The summed E-state index contributed by atoms with van der Waals surface area (Å²) in [6.45, 7) is 2.13. The molecule has 0 nitrogen and oxygen atoms in total. The molecule has 0 bridgehead atoms. The molecule has 0 rings (SSSR count). The van der Waals surface area contributed by atoms with Crippen LogP contribution in [0.5, 0.6) is 0 Å². The Balaban J connectivity index is 3.03. The van der Waals surface area contributed by atoms with Crippen molar-refractivity contribution in [3.63, 3.8) is 0 Å². The van der Waals surface area contributed by atoms with Gasteiger partial charge in [-0.3, -0.25) is 0 Å². The van der Waals surface area contributed by atoms with Gasteiger partial charge in [-0.1, -0.05) is 6.92 Å². The van der Waals surface area contributed by atoms with Crippen molar-refractivity contribution in [1.29, 1.82) is 0 Å². The number of rotatable bonds is 2. The molecule has 1 unspecified atom stereocenters. The molecule has 1 heteroatoms. The molecule has 0 heterocycles. The maximum Gasteiger partial charge on any atom is 0.0203 e. The highest BCUT2D eigenvalue weighted by molar-refractivity contribution is 7.99. The van der Waals surface area contributed by atoms with E-state index in [1.165, 1.54) is 0 Å². The molecule has 0 aliphatic rings. The summed E-state index contributed by atoms with van der Waals surface area (Å²) in [6.07, 6.45) is 8.00. The van der Waals surface area contributed by atoms with Gasteiger partial charge in [0.05, 0.1) is 0 Å². The van der Waals surface area contributed by atoms with Crippen LogP contribution in [0.3, 0.4) is 0 Å². The highest BCUT2D eigenvalue weighted by Crippen LogP contribution is 2.07. The zero-order valence-corrected chi connectivity index (χ0v) is 5.59. The summed E-state index contributed by atoms with van der Waals surface area (Å²) in [4.78, 5) is 0. The Morgan fingerprint density at radius 2 is 2.43 bits per heavy atom. The summed E-state index contributed by atoms with van der Waals surface area (Å²) < 4.78 is 0. The van der Waals surface area contributed by atoms with Crippen LogP contribution in [0, 0.1) is 12.3 Å². The Kier molecular flexibility index (Phi) is 4.03. The van der Waals surface area contributed by atoms with E-state index in [2.05, 4.69) is 19.1 Å². The predicted molar refractivity (Wildman–Crippen MR) is 36.4 cm³/mol. The van der Waals surface area contributed by atoms with E-state index in [0.29, 0.717) is 5.25 Å². The molecule has 0 fully saturated rings. The van der Waals surface area contributed by atoms with Gasteiger partial charge in [0, 0.05) is 11.7 Å². The fourth-order valence-electron chi connectivity index (χ4n) is 0.249. The van der Waals surface area contributed by atoms with Gasteiger partial charge in [-0.2, -0.15) is 11.8 Å². The quantitative estimate of drug-likeness (QED) is 0.493. The van der Waals surface area contributed by atoms with Gasteiger partial charge in [0.25, 0.3) is 0 Å². The first kappa shape index (κ1) is 6.91. The first-order valence-corrected chi connectivity index (χ1v) is 3.56. The van der Waals surface area contributed by atoms with Gasteiger partial charge < -0.3 is 0 Å². The van der Waals surface area contributed by atoms with Gasteiger partial charge in [-0.15, -0.1) is 12.3 Å². The third-order valence-corrected chi connectivity index (χ3v) is 1.78. The molecular weight excluding hydrogens is 104 g/mol. The molecule has 0 aromatic heterocycles. The molecule has 40 valence electrons. The van der Waals surface area contributed by atoms with Crippen LogP contribution in [-0.4, -0.2) is 11.5 Å². The smallest absolute Gasteiger partial charge is 0.0203 e. The van der Waals surface area contributed by atoms with Crippen molar-refractivity contribution in [2.45, 2.75) is 18.6 Å². The molecule has 0 radical (unpaired) electrons. The van der Waals surface area contributed by atoms with E-state index in [0.717, 1.165) is 6.42 Å². The van der Waals surface area contributed by atoms with E-state index in [1.54, 1.807) is 11.8 Å². The van der Waals surface area contributed by atoms with Gasteiger partial charge in [0.15, 0.2) is 0 Å². The minimum Gasteiger partial charge on any atom is -0.161 e. The van der Waals surface area contributed by atoms with Gasteiger partial charge in [-0.05, 0) is 6.26 Å². The number of hydrogen-bond acceptors (Lipinski definition) is 1. The van der Waals surface area contributed by atoms with Crippen LogP contribution in [0.15, 0.2) is 0 Å². The Labute approximate surface area is 49.7 Å². The van der Waals surface area contributed by atoms with Gasteiger partial charge >= 0.3 is 0 Å². The zero-order chi connectivity index (χ0) is 5.70. The van der Waals surface area contributed by atoms with Crippen LogP contribution in [0.1, 0.15) is 13.3 Å². The summed E-state index contributed by atoms with van der Waals surface area (Å²) in [5.41, 5.74) is 0. The summed E-state index contributed by atoms with van der Waals surface area (Å²) >= 11 is 1.81. The molecule has 1 atom stereocenters. The van der Waals surface area contributed by atoms with E-state index in [4.69, 9.17) is 6.42 Å². The van der Waals surface area contributed by atoms with Crippen LogP contribution in [0.4, 0.5) is 0 Å². The van der Waals surface area contributed by atoms with E-state index in [9.17, 15) is 0 Å². The molecular formula is C6H10S. The summed E-state index contributed by atoms with van der Waals surface area (Å²) in [5, 5.41) is 0.630. The lowest BCUT2D eigenvalue weighted by atomic mass is 10.3. The highest BCUT2D eigenvalue weighted by atomic mass is 32.2. The monoisotopic (exact) mass is 114 g/mol. The Hall–Kier alpha value is -0.0900. The average Bonchev–Trinajstić information content (AvgIpc) is 1.68. The summed E-state index contributed by atoms with van der Waals surface area (Å²) in [6, 6.07) is 0. The highest BCUT2D eigenvalue weighted by Gasteiger charge is 1.91. The average molecular weight is 114 g/mol. The van der Waals surface area contributed by atoms with E-state index < -0.39 is 0 Å². The van der Waals surface area contributed by atoms with Crippen molar-refractivity contribution in [3.05, 3.63) is 0 Å². The van der Waals surface area contributed by atoms with Crippen molar-refractivity contribution in [1.82, 2.24) is 0 Å². The Bertz CT molecular complexity index is 70.7. The third kappa shape index (κ3) is 3.75. The van der Waals surface area contributed by atoms with Crippen molar-refractivity contribution in [3.8, 4) is 12.3 Å². The van der Waals surface area contributed by atoms with Crippen LogP contribution < -0.4 is 0 Å². The minimum absolute atomic E-state index is 0.630. The SMILES string of the molecule is C#CCC(C)SC. The Morgan fingerprint density at radius 1 is 1.86 bits per heavy atom. The second kappa shape index (κ2) is 4.08. The topological polar surface area (TPSA) is 0 Å². The fourth-order valence-corrected chi connectivity index (χ4v) is 0.512. The normalized spacial score (nSPS) is 12.7. The maximum absolute atomic E-state index is 5.04. The van der Waals surface area contributed by atoms with Crippen molar-refractivity contribution >= 4 is 11.8 Å². The molecule has 0 amide bonds. The number of thioether (sulfide) groups is 1. The third-order valence-electron chi connectivity index (χ3n) is 0.808. The van der Waals surface area contributed by atoms with Crippen molar-refractivity contribution in [2.24, 2.45) is 0 Å². The Morgan fingerprint density at radius 3 is 2.57 bits per heavy atom. The molecule has 7 heavy (non-hydrogen) atoms. The minimum atomic E-state index is 0.630. The molecule has 0 saturated carbocycles. The lowest BCUT2D eigenvalue weighted by molar-refractivity contribution is 1.01. The number of hydrogen-bond donors (Lipinski definition) is 0. The standard InChI is InChI=1S/C6H10S/c1-4-5-6(2)7-3/h1,6H,5H2,2-3H3. The largest absolute Gasteiger partial charge is 0.161 e. The van der Waals surface area contributed by atoms with Crippen LogP contribution >= 0.6 is 11.8 Å². The molecule has 0 N–H and O–H groups in total. The van der Waals surface area contributed by atoms with Crippen molar-refractivity contribution < 1.29 is 0 Å². The lowest BCUT2D eigenvalue weighted by Crippen LogP contribution is -1.89. The van der Waals surface area contributed by atoms with E-state index in [1.807, 2.05) is 0 Å². The van der Waals surface area contributed by atoms with Crippen LogP contribution in [0.2, 0.25) is 0 Å². The lowest BCUT2D eigenvalue weighted by Gasteiger charge is -1.98. The van der Waals surface area contributed by atoms with E-state index >= 15 is 0 Å². The first-order chi connectivity index (χ1) is 3.31. The first-order valence-electron chi connectivity index (χ1n) is 2.27. The molecule has 0 spiro atoms. The molecule has 0 aliphatic heterocycles. The summed E-state index contributed by atoms with van der Waals surface area (Å²) in [5.74, 6) is 2.60. The predicted octanol–water partition coefficient (Wildman–Crippen LogP) is 1.76. The van der Waals surface area contributed by atoms with Gasteiger partial charge in [-0.25, -0.2) is 0 Å². The molecule has 0 aromatic carbocycles. The van der Waals surface area contributed by atoms with Crippen LogP contribution in [-0.2, 0) is 0 Å². The second-order valence-corrected chi connectivity index (χ2v) is 2.73. The molecule has 0 aliphatic carbocycles. The maximum atomic E-state index is 5.04. The van der Waals surface area contributed by atoms with Crippen LogP contribution in [0.25, 0.3) is 0 Å². The van der Waals surface area contributed by atoms with Gasteiger partial charge in [0.2, 0.25) is 0 Å². The second-order valence-electron chi connectivity index (χ2n) is 1.45. The number of terminal acetylenes is 1. The van der Waals surface area contributed by atoms with Crippen molar-refractivity contribution in [2.75, 3.05) is 6.26 Å². The summed E-state index contributed by atoms with van der Waals surface area (Å²) in [7, 11) is 0.